The number of amides is 1. The molecule has 122 valence electrons. The number of nitrogens with one attached hydrogen (secondary N) is 2. The third kappa shape index (κ3) is 8.56. The second-order valence-corrected chi connectivity index (χ2v) is 6.25. The molecule has 0 aliphatic rings. The van der Waals surface area contributed by atoms with Gasteiger partial charge >= 0.3 is 0 Å². The van der Waals surface area contributed by atoms with Crippen molar-refractivity contribution in [1.29, 1.82) is 0 Å². The molecular weight excluding hydrogens is 304 g/mol. The fraction of sp³-hybridized carbons (Fsp3) is 0.400. The third-order valence-corrected chi connectivity index (χ3v) is 3.84. The Labute approximate surface area is 131 Å². The molecule has 0 aliphatic heterocycles. The summed E-state index contributed by atoms with van der Waals surface area (Å²) in [6.45, 7) is 1.17. The van der Waals surface area contributed by atoms with E-state index in [9.17, 15) is 13.2 Å². The molecule has 1 aromatic rings. The summed E-state index contributed by atoms with van der Waals surface area (Å²) in [6.07, 6.45) is 2.34. The van der Waals surface area contributed by atoms with Gasteiger partial charge in [-0.15, -0.1) is 0 Å². The summed E-state index contributed by atoms with van der Waals surface area (Å²) < 4.78 is 30.7. The number of sulfonamides is 1. The first kappa shape index (κ1) is 18.3. The van der Waals surface area contributed by atoms with E-state index in [0.717, 1.165) is 17.4 Å². The van der Waals surface area contributed by atoms with Crippen LogP contribution in [-0.2, 0) is 19.6 Å². The molecule has 1 amide bonds. The molecule has 6 nitrogen and oxygen atoms in total. The van der Waals surface area contributed by atoms with Crippen molar-refractivity contribution in [2.45, 2.75) is 12.8 Å². The fourth-order valence-corrected chi connectivity index (χ4v) is 2.44. The number of carbonyl (C=O) groups excluding carboxylic acids is 1. The number of rotatable bonds is 10. The highest BCUT2D eigenvalue weighted by Crippen LogP contribution is 2.02. The van der Waals surface area contributed by atoms with Gasteiger partial charge in [-0.2, -0.15) is 0 Å². The van der Waals surface area contributed by atoms with Gasteiger partial charge in [-0.25, -0.2) is 13.1 Å². The molecule has 1 aromatic carbocycles. The maximum Gasteiger partial charge on any atom is 0.233 e. The number of carbonyl (C=O) groups is 1. The maximum atomic E-state index is 11.7. The molecule has 0 unspecified atom stereocenters. The highest BCUT2D eigenvalue weighted by atomic mass is 32.2. The van der Waals surface area contributed by atoms with Crippen LogP contribution in [0, 0.1) is 0 Å². The van der Waals surface area contributed by atoms with E-state index in [-0.39, 0.29) is 18.9 Å². The molecule has 22 heavy (non-hydrogen) atoms. The smallest absolute Gasteiger partial charge is 0.233 e. The number of methoxy groups -OCH3 is 1. The second kappa shape index (κ2) is 10.1. The molecule has 7 heteroatoms. The lowest BCUT2D eigenvalue weighted by molar-refractivity contribution is -0.120. The van der Waals surface area contributed by atoms with Gasteiger partial charge in [0.2, 0.25) is 15.9 Å². The van der Waals surface area contributed by atoms with Crippen molar-refractivity contribution >= 4 is 22.0 Å². The van der Waals surface area contributed by atoms with Crippen molar-refractivity contribution in [3.8, 4) is 0 Å². The van der Waals surface area contributed by atoms with Crippen LogP contribution in [-0.4, -0.2) is 41.1 Å². The van der Waals surface area contributed by atoms with Gasteiger partial charge in [0.1, 0.15) is 0 Å². The van der Waals surface area contributed by atoms with Crippen LogP contribution < -0.4 is 10.0 Å². The van der Waals surface area contributed by atoms with Crippen LogP contribution in [0.1, 0.15) is 18.4 Å². The molecule has 0 spiro atoms. The Morgan fingerprint density at radius 3 is 2.64 bits per heavy atom. The Balaban J connectivity index is 2.28. The highest BCUT2D eigenvalue weighted by molar-refractivity contribution is 7.92. The van der Waals surface area contributed by atoms with Gasteiger partial charge in [-0.05, 0) is 18.1 Å². The lowest BCUT2D eigenvalue weighted by atomic mass is 10.2. The number of benzene rings is 1. The maximum absolute atomic E-state index is 11.7. The van der Waals surface area contributed by atoms with Gasteiger partial charge in [0, 0.05) is 38.6 Å². The minimum atomic E-state index is -3.54. The van der Waals surface area contributed by atoms with Crippen LogP contribution >= 0.6 is 0 Å². The predicted octanol–water partition coefficient (Wildman–Crippen LogP) is 1.12. The van der Waals surface area contributed by atoms with Crippen LogP contribution in [0.3, 0.4) is 0 Å². The Kier molecular flexibility index (Phi) is 8.42. The molecule has 0 heterocycles. The summed E-state index contributed by atoms with van der Waals surface area (Å²) in [5.41, 5.74) is 0.795. The molecule has 0 atom stereocenters. The van der Waals surface area contributed by atoms with Crippen LogP contribution in [0.15, 0.2) is 35.7 Å². The van der Waals surface area contributed by atoms with E-state index in [4.69, 9.17) is 4.74 Å². The van der Waals surface area contributed by atoms with E-state index in [2.05, 4.69) is 10.0 Å². The standard InChI is InChI=1S/C15H22N2O4S/c1-21-12-5-10-16-15(18)8-11-17-22(19,20)13-9-14-6-3-2-4-7-14/h2-4,6-7,9,13,17H,5,8,10-12H2,1H3,(H,16,18). The second-order valence-electron chi connectivity index (χ2n) is 4.60. The predicted molar refractivity (Wildman–Crippen MR) is 86.5 cm³/mol. The molecule has 0 radical (unpaired) electrons. The minimum absolute atomic E-state index is 0.0670. The first-order chi connectivity index (χ1) is 10.5. The molecule has 0 aliphatic carbocycles. The molecular formula is C15H22N2O4S. The molecule has 0 aromatic heterocycles. The van der Waals surface area contributed by atoms with Crippen molar-refractivity contribution in [1.82, 2.24) is 10.0 Å². The molecule has 2 N–H and O–H groups in total. The summed E-state index contributed by atoms with van der Waals surface area (Å²) in [5.74, 6) is -0.189. The molecule has 0 saturated heterocycles. The van der Waals surface area contributed by atoms with Gasteiger partial charge in [0.05, 0.1) is 0 Å². The van der Waals surface area contributed by atoms with Gasteiger partial charge in [0.15, 0.2) is 0 Å². The topological polar surface area (TPSA) is 84.5 Å². The summed E-state index contributed by atoms with van der Waals surface area (Å²) in [5, 5.41) is 3.79. The van der Waals surface area contributed by atoms with Crippen LogP contribution in [0.5, 0.6) is 0 Å². The summed E-state index contributed by atoms with van der Waals surface area (Å²) in [6, 6.07) is 9.12. The van der Waals surface area contributed by atoms with E-state index in [1.807, 2.05) is 18.2 Å². The van der Waals surface area contributed by atoms with E-state index in [1.165, 1.54) is 6.08 Å². The van der Waals surface area contributed by atoms with Gasteiger partial charge in [-0.1, -0.05) is 30.3 Å². The molecule has 0 bridgehead atoms. The minimum Gasteiger partial charge on any atom is -0.385 e. The largest absolute Gasteiger partial charge is 0.385 e. The Hall–Kier alpha value is -1.70. The summed E-state index contributed by atoms with van der Waals surface area (Å²) in [7, 11) is -1.94. The van der Waals surface area contributed by atoms with Crippen LogP contribution in [0.4, 0.5) is 0 Å². The SMILES string of the molecule is COCCCNC(=O)CCNS(=O)(=O)C=Cc1ccccc1. The lowest BCUT2D eigenvalue weighted by Gasteiger charge is -2.05. The van der Waals surface area contributed by atoms with E-state index >= 15 is 0 Å². The number of hydrogen-bond donors (Lipinski definition) is 2. The first-order valence-electron chi connectivity index (χ1n) is 7.02. The summed E-state index contributed by atoms with van der Waals surface area (Å²) >= 11 is 0. The Morgan fingerprint density at radius 2 is 1.95 bits per heavy atom. The number of ether oxygens (including phenoxy) is 1. The average Bonchev–Trinajstić information content (AvgIpc) is 2.51. The highest BCUT2D eigenvalue weighted by Gasteiger charge is 2.06. The van der Waals surface area contributed by atoms with Crippen molar-refractivity contribution in [3.63, 3.8) is 0 Å². The Bertz CT molecular complexity index is 570. The molecule has 0 saturated carbocycles. The van der Waals surface area contributed by atoms with Crippen molar-refractivity contribution in [2.75, 3.05) is 26.8 Å². The van der Waals surface area contributed by atoms with Crippen LogP contribution in [0.25, 0.3) is 6.08 Å². The van der Waals surface area contributed by atoms with E-state index in [1.54, 1.807) is 19.2 Å². The van der Waals surface area contributed by atoms with Crippen molar-refractivity contribution < 1.29 is 17.9 Å². The van der Waals surface area contributed by atoms with Gasteiger partial charge in [0.25, 0.3) is 0 Å². The number of hydrogen-bond acceptors (Lipinski definition) is 4. The zero-order chi connectivity index (χ0) is 16.3. The Morgan fingerprint density at radius 1 is 1.23 bits per heavy atom. The van der Waals surface area contributed by atoms with Crippen LogP contribution in [0.2, 0.25) is 0 Å². The van der Waals surface area contributed by atoms with Gasteiger partial charge < -0.3 is 10.1 Å². The van der Waals surface area contributed by atoms with E-state index in [0.29, 0.717) is 13.2 Å². The molecule has 1 rings (SSSR count). The van der Waals surface area contributed by atoms with E-state index < -0.39 is 10.0 Å². The summed E-state index contributed by atoms with van der Waals surface area (Å²) in [4.78, 5) is 11.5. The van der Waals surface area contributed by atoms with Crippen molar-refractivity contribution in [3.05, 3.63) is 41.3 Å². The lowest BCUT2D eigenvalue weighted by Crippen LogP contribution is -2.30. The zero-order valence-electron chi connectivity index (χ0n) is 12.6. The average molecular weight is 326 g/mol. The quantitative estimate of drug-likeness (QED) is 0.631. The zero-order valence-corrected chi connectivity index (χ0v) is 13.4. The third-order valence-electron chi connectivity index (χ3n) is 2.74. The molecule has 0 fully saturated rings. The fourth-order valence-electron chi connectivity index (χ4n) is 1.62. The van der Waals surface area contributed by atoms with Gasteiger partial charge in [-0.3, -0.25) is 4.79 Å². The normalized spacial score (nSPS) is 11.7. The van der Waals surface area contributed by atoms with Crippen molar-refractivity contribution in [2.24, 2.45) is 0 Å². The monoisotopic (exact) mass is 326 g/mol. The first-order valence-corrected chi connectivity index (χ1v) is 8.56.